The summed E-state index contributed by atoms with van der Waals surface area (Å²) in [6.07, 6.45) is 5.11. The Bertz CT molecular complexity index is 435. The third-order valence-electron chi connectivity index (χ3n) is 4.64. The van der Waals surface area contributed by atoms with E-state index in [1.54, 1.807) is 0 Å². The van der Waals surface area contributed by atoms with Crippen molar-refractivity contribution in [2.45, 2.75) is 31.8 Å². The van der Waals surface area contributed by atoms with Gasteiger partial charge in [0.1, 0.15) is 0 Å². The third kappa shape index (κ3) is 3.36. The van der Waals surface area contributed by atoms with Crippen molar-refractivity contribution in [3.05, 3.63) is 35.4 Å². The molecule has 0 saturated carbocycles. The molecule has 2 heterocycles. The van der Waals surface area contributed by atoms with Crippen molar-refractivity contribution >= 4 is 11.6 Å². The predicted octanol–water partition coefficient (Wildman–Crippen LogP) is 3.64. The summed E-state index contributed by atoms with van der Waals surface area (Å²) < 4.78 is 6.03. The first-order chi connectivity index (χ1) is 9.86. The molecule has 2 aliphatic heterocycles. The Labute approximate surface area is 127 Å². The van der Waals surface area contributed by atoms with Crippen molar-refractivity contribution in [3.8, 4) is 0 Å². The fourth-order valence-corrected chi connectivity index (χ4v) is 3.88. The van der Waals surface area contributed by atoms with Crippen molar-refractivity contribution in [1.82, 2.24) is 4.90 Å². The number of nitrogens with zero attached hydrogens (tertiary/aromatic N) is 1. The normalized spacial score (nSPS) is 27.2. The van der Waals surface area contributed by atoms with E-state index < -0.39 is 0 Å². The largest absolute Gasteiger partial charge is 0.372 e. The van der Waals surface area contributed by atoms with Crippen LogP contribution in [-0.2, 0) is 11.2 Å². The molecule has 20 heavy (non-hydrogen) atoms. The monoisotopic (exact) mass is 293 g/mol. The van der Waals surface area contributed by atoms with Crippen molar-refractivity contribution in [2.24, 2.45) is 5.92 Å². The Morgan fingerprint density at radius 1 is 1.30 bits per heavy atom. The fourth-order valence-electron chi connectivity index (χ4n) is 3.57. The van der Waals surface area contributed by atoms with Gasteiger partial charge in [-0.05, 0) is 49.3 Å². The second kappa shape index (κ2) is 6.93. The summed E-state index contributed by atoms with van der Waals surface area (Å²) in [7, 11) is 0. The third-order valence-corrected chi connectivity index (χ3v) is 4.86. The molecular weight excluding hydrogens is 270 g/mol. The summed E-state index contributed by atoms with van der Waals surface area (Å²) in [6.45, 7) is 4.30. The lowest BCUT2D eigenvalue weighted by atomic mass is 9.93. The number of piperidine rings is 1. The first-order valence-electron chi connectivity index (χ1n) is 7.84. The molecule has 0 bridgehead atoms. The molecule has 2 aliphatic rings. The lowest BCUT2D eigenvalue weighted by Crippen LogP contribution is -2.39. The summed E-state index contributed by atoms with van der Waals surface area (Å²) in [5.41, 5.74) is 2.87. The van der Waals surface area contributed by atoms with E-state index in [0.717, 1.165) is 37.8 Å². The molecule has 0 amide bonds. The van der Waals surface area contributed by atoms with E-state index in [1.807, 2.05) is 0 Å². The van der Waals surface area contributed by atoms with Gasteiger partial charge in [-0.3, -0.25) is 0 Å². The van der Waals surface area contributed by atoms with E-state index in [2.05, 4.69) is 29.2 Å². The maximum Gasteiger partial charge on any atom is 0.0954 e. The van der Waals surface area contributed by atoms with Gasteiger partial charge in [-0.15, -0.1) is 11.6 Å². The zero-order valence-corrected chi connectivity index (χ0v) is 12.8. The van der Waals surface area contributed by atoms with Gasteiger partial charge in [0.15, 0.2) is 0 Å². The van der Waals surface area contributed by atoms with Crippen molar-refractivity contribution < 1.29 is 4.74 Å². The second-order valence-corrected chi connectivity index (χ2v) is 6.43. The zero-order valence-electron chi connectivity index (χ0n) is 12.1. The maximum absolute atomic E-state index is 6.03. The van der Waals surface area contributed by atoms with E-state index in [0.29, 0.717) is 0 Å². The highest BCUT2D eigenvalue weighted by molar-refractivity contribution is 6.17. The van der Waals surface area contributed by atoms with Crippen LogP contribution in [0, 0.1) is 5.92 Å². The lowest BCUT2D eigenvalue weighted by Gasteiger charge is -2.36. The van der Waals surface area contributed by atoms with Crippen LogP contribution in [0.2, 0.25) is 0 Å². The van der Waals surface area contributed by atoms with Crippen LogP contribution in [0.4, 0.5) is 0 Å². The predicted molar refractivity (Wildman–Crippen MR) is 83.3 cm³/mol. The zero-order chi connectivity index (χ0) is 13.8. The molecule has 0 N–H and O–H groups in total. The van der Waals surface area contributed by atoms with Crippen LogP contribution >= 0.6 is 11.6 Å². The number of benzene rings is 1. The molecule has 0 spiro atoms. The van der Waals surface area contributed by atoms with Crippen LogP contribution in [-0.4, -0.2) is 37.0 Å². The Hall–Kier alpha value is -0.570. The molecule has 2 nitrogen and oxygen atoms in total. The number of fused-ring (bicyclic) bond motifs is 1. The Balaban J connectivity index is 1.63. The molecule has 1 aromatic carbocycles. The van der Waals surface area contributed by atoms with Crippen LogP contribution in [0.25, 0.3) is 0 Å². The van der Waals surface area contributed by atoms with Crippen molar-refractivity contribution in [1.29, 1.82) is 0 Å². The number of hydrogen-bond acceptors (Lipinski definition) is 2. The van der Waals surface area contributed by atoms with Crippen LogP contribution in [0.15, 0.2) is 24.3 Å². The number of rotatable bonds is 4. The topological polar surface area (TPSA) is 12.5 Å². The number of hydrogen-bond donors (Lipinski definition) is 0. The van der Waals surface area contributed by atoms with E-state index >= 15 is 0 Å². The highest BCUT2D eigenvalue weighted by atomic mass is 35.5. The minimum Gasteiger partial charge on any atom is -0.372 e. The van der Waals surface area contributed by atoms with Crippen molar-refractivity contribution in [3.63, 3.8) is 0 Å². The average Bonchev–Trinajstić information content (AvgIpc) is 2.48. The van der Waals surface area contributed by atoms with Gasteiger partial charge in [0.25, 0.3) is 0 Å². The summed E-state index contributed by atoms with van der Waals surface area (Å²) in [5.74, 6) is 1.57. The second-order valence-electron chi connectivity index (χ2n) is 6.05. The number of alkyl halides is 1. The van der Waals surface area contributed by atoms with Gasteiger partial charge in [0, 0.05) is 19.0 Å². The van der Waals surface area contributed by atoms with E-state index in [4.69, 9.17) is 16.3 Å². The quantitative estimate of drug-likeness (QED) is 0.786. The molecule has 0 aromatic heterocycles. The SMILES string of the molecule is ClCCC1CCCN(CC2OCCc3ccccc32)C1. The Morgan fingerprint density at radius 2 is 2.20 bits per heavy atom. The molecule has 1 fully saturated rings. The molecule has 1 aromatic rings. The van der Waals surface area contributed by atoms with Gasteiger partial charge in [-0.25, -0.2) is 0 Å². The average molecular weight is 294 g/mol. The molecular formula is C17H24ClNO. The van der Waals surface area contributed by atoms with Crippen LogP contribution in [0.5, 0.6) is 0 Å². The molecule has 3 heteroatoms. The summed E-state index contributed by atoms with van der Waals surface area (Å²) in [6, 6.07) is 8.75. The van der Waals surface area contributed by atoms with Gasteiger partial charge in [-0.1, -0.05) is 24.3 Å². The molecule has 0 radical (unpaired) electrons. The minimum atomic E-state index is 0.259. The summed E-state index contributed by atoms with van der Waals surface area (Å²) in [5, 5.41) is 0. The van der Waals surface area contributed by atoms with Gasteiger partial charge >= 0.3 is 0 Å². The van der Waals surface area contributed by atoms with E-state index in [9.17, 15) is 0 Å². The van der Waals surface area contributed by atoms with Crippen LogP contribution in [0.1, 0.15) is 36.5 Å². The summed E-state index contributed by atoms with van der Waals surface area (Å²) in [4.78, 5) is 2.58. The highest BCUT2D eigenvalue weighted by Gasteiger charge is 2.26. The van der Waals surface area contributed by atoms with E-state index in [-0.39, 0.29) is 6.10 Å². The van der Waals surface area contributed by atoms with Gasteiger partial charge < -0.3 is 9.64 Å². The molecule has 2 unspecified atom stereocenters. The summed E-state index contributed by atoms with van der Waals surface area (Å²) >= 11 is 5.90. The standard InChI is InChI=1S/C17H24ClNO/c18-9-7-14-4-3-10-19(12-14)13-17-16-6-2-1-5-15(16)8-11-20-17/h1-2,5-6,14,17H,3-4,7-13H2. The van der Waals surface area contributed by atoms with E-state index in [1.165, 1.54) is 37.1 Å². The first kappa shape index (κ1) is 14.4. The smallest absolute Gasteiger partial charge is 0.0954 e. The lowest BCUT2D eigenvalue weighted by molar-refractivity contribution is 0.00657. The fraction of sp³-hybridized carbons (Fsp3) is 0.647. The minimum absolute atomic E-state index is 0.259. The van der Waals surface area contributed by atoms with Crippen LogP contribution < -0.4 is 0 Å². The molecule has 110 valence electrons. The Morgan fingerprint density at radius 3 is 3.10 bits per heavy atom. The molecule has 1 saturated heterocycles. The van der Waals surface area contributed by atoms with Gasteiger partial charge in [-0.2, -0.15) is 0 Å². The first-order valence-corrected chi connectivity index (χ1v) is 8.38. The number of halogens is 1. The number of likely N-dealkylation sites (tertiary alicyclic amines) is 1. The van der Waals surface area contributed by atoms with Crippen LogP contribution in [0.3, 0.4) is 0 Å². The maximum atomic E-state index is 6.03. The molecule has 3 rings (SSSR count). The number of ether oxygens (including phenoxy) is 1. The Kier molecular flexibility index (Phi) is 4.98. The highest BCUT2D eigenvalue weighted by Crippen LogP contribution is 2.29. The van der Waals surface area contributed by atoms with Crippen molar-refractivity contribution in [2.75, 3.05) is 32.1 Å². The molecule has 0 aliphatic carbocycles. The van der Waals surface area contributed by atoms with Gasteiger partial charge in [0.2, 0.25) is 0 Å². The van der Waals surface area contributed by atoms with Gasteiger partial charge in [0.05, 0.1) is 12.7 Å². The molecule has 2 atom stereocenters.